The number of amides is 4. The lowest BCUT2D eigenvalue weighted by Crippen LogP contribution is -2.12. The Morgan fingerprint density at radius 1 is 0.299 bits per heavy atom. The summed E-state index contributed by atoms with van der Waals surface area (Å²) in [6.07, 6.45) is 9.25. The fraction of sp³-hybridized carbons (Fsp3) is 0.185. The fourth-order valence-electron chi connectivity index (χ4n) is 17.8. The molecule has 13 aromatic rings. The molecular formula is C119H111F3N4O18. The summed E-state index contributed by atoms with van der Waals surface area (Å²) < 4.78 is 96.3. The molecule has 0 aromatic heterocycles. The number of aryl methyl sites for hydroxylation is 2. The summed E-state index contributed by atoms with van der Waals surface area (Å²) in [4.78, 5) is 64.1. The van der Waals surface area contributed by atoms with Crippen LogP contribution in [0.5, 0.6) is 74.7 Å². The Balaban J connectivity index is 0.000000152. The number of aromatic hydroxyl groups is 3. The Hall–Kier alpha value is -17.2. The Morgan fingerprint density at radius 3 is 1.01 bits per heavy atom. The van der Waals surface area contributed by atoms with Gasteiger partial charge in [-0.15, -0.1) is 0 Å². The predicted octanol–water partition coefficient (Wildman–Crippen LogP) is 26.3. The van der Waals surface area contributed by atoms with Crippen molar-refractivity contribution in [1.82, 2.24) is 0 Å². The Labute approximate surface area is 834 Å². The number of phenolic OH excluding ortho intramolecular Hbond substituents is 3. The first-order chi connectivity index (χ1) is 69.3. The van der Waals surface area contributed by atoms with Gasteiger partial charge in [0, 0.05) is 41.3 Å². The van der Waals surface area contributed by atoms with E-state index in [0.29, 0.717) is 80.4 Å². The van der Waals surface area contributed by atoms with E-state index in [1.807, 2.05) is 158 Å². The fourth-order valence-corrected chi connectivity index (χ4v) is 17.8. The first-order valence-electron chi connectivity index (χ1n) is 46.3. The monoisotopic (exact) mass is 1940 g/mol. The highest BCUT2D eigenvalue weighted by Gasteiger charge is 2.33. The van der Waals surface area contributed by atoms with E-state index in [-0.39, 0.29) is 114 Å². The van der Waals surface area contributed by atoms with Crippen LogP contribution in [-0.2, 0) is 24.0 Å². The van der Waals surface area contributed by atoms with E-state index in [1.165, 1.54) is 79.1 Å². The predicted molar refractivity (Wildman–Crippen MR) is 564 cm³/mol. The summed E-state index contributed by atoms with van der Waals surface area (Å²) in [5.41, 5.74) is 25.1. The van der Waals surface area contributed by atoms with Crippen LogP contribution in [0.4, 0.5) is 35.9 Å². The molecule has 25 heteroatoms. The maximum absolute atomic E-state index is 14.3. The number of hydrogen-bond donors (Lipinski definition) is 7. The minimum Gasteiger partial charge on any atom is -0.504 e. The van der Waals surface area contributed by atoms with E-state index in [0.717, 1.165) is 145 Å². The molecular weight excluding hydrogens is 1830 g/mol. The number of anilines is 4. The lowest BCUT2D eigenvalue weighted by Gasteiger charge is -2.14. The van der Waals surface area contributed by atoms with Crippen molar-refractivity contribution in [1.29, 1.82) is 0 Å². The van der Waals surface area contributed by atoms with Gasteiger partial charge >= 0.3 is 5.97 Å². The highest BCUT2D eigenvalue weighted by Crippen LogP contribution is 2.52. The molecule has 0 unspecified atom stereocenters. The number of halogens is 3. The van der Waals surface area contributed by atoms with Crippen LogP contribution in [0.3, 0.4) is 0 Å². The zero-order valence-electron chi connectivity index (χ0n) is 82.7. The van der Waals surface area contributed by atoms with Crippen LogP contribution in [0.25, 0.3) is 79.7 Å². The molecule has 0 fully saturated rings. The van der Waals surface area contributed by atoms with E-state index >= 15 is 0 Å². The van der Waals surface area contributed by atoms with Crippen LogP contribution < -0.4 is 68.6 Å². The van der Waals surface area contributed by atoms with Gasteiger partial charge in [0.25, 0.3) is 0 Å². The molecule has 0 atom stereocenters. The van der Waals surface area contributed by atoms with E-state index < -0.39 is 0 Å². The molecule has 736 valence electrons. The maximum Gasteiger partial charge on any atom is 0.311 e. The van der Waals surface area contributed by atoms with Crippen LogP contribution in [0.2, 0.25) is 0 Å². The standard InChI is InChI=1S/C32H32FNO5.C32H28FNO4.C28H27NO5.C27H24FNO4/c1-6-8-31(36)39-32-28(37-4)15-21(16-29(32)38-5)14-25-20(3)26(27-17-22(33)11-12-24(25)27)18-30(35)34-23-10-7-9-19(2)13-23;1-18-5-6-21-7-9-24(15-22(21)11-18)34-31(35)17-27-19(2)26(25-10-8-23(33)16-28(25)27)12-20-13-29(37-3)32(36)30(14-20)38-4;1-17-23(12-18-8-11-26(30)27(13-18)34-4)22-10-9-21(33-3)15-25(22)24(17)16-28(31)29-19-6-5-7-20(14-19)32-2;1-16-22(11-17-7-10-25(30)26(12-17)33-3)21-9-8-18(28)13-24(21)23(16)15-27(31)29-19-5-4-6-20(14-19)32-2/h7,9-17H,6,8,18H2,1-5H3,(H,34,35);5-16,36H,17H2,1-4H3,(H,34,35);5-15,30H,16H2,1-4H3,(H,29,31);4-14,30H,15H2,1-3H3,(H,29,31)/b25-14-;26-12-;23-12-;22-11-. The number of carbonyl (C=O) groups is 5. The third-order valence-corrected chi connectivity index (χ3v) is 25.0. The van der Waals surface area contributed by atoms with Crippen LogP contribution in [-0.4, -0.2) is 109 Å². The van der Waals surface area contributed by atoms with E-state index in [9.17, 15) is 52.5 Å². The normalized spacial score (nSPS) is 13.6. The molecule has 0 spiro atoms. The number of carbonyl (C=O) groups excluding carboxylic acids is 5. The SMILES string of the molecule is CCCC(=O)Oc1c(OC)cc(/C=C2/C(C)=C(CC(=O)Nc3cccc(C)c3)c3cc(F)ccc32)cc1OC.COc1cc(/C=C2/C(C)=C(CC(=O)Nc3ccc4ccc(C)cc4c3)c3cc(F)ccc32)cc(OC)c1O.COc1cccc(NC(=O)CC2=C(C)/C(=C/c3ccc(O)c(OC)c3)c3ccc(F)cc32)c1.COc1cccc(NC(=O)CC2=C(C)/C(=C/c3ccc(O)c(OC)c3)c3ccc(OC)cc32)c1. The van der Waals surface area contributed by atoms with Gasteiger partial charge in [-0.2, -0.15) is 0 Å². The van der Waals surface area contributed by atoms with Crippen LogP contribution >= 0.6 is 0 Å². The number of esters is 1. The van der Waals surface area contributed by atoms with Gasteiger partial charge in [-0.3, -0.25) is 24.0 Å². The number of allylic oxidation sites excluding steroid dienone is 8. The summed E-state index contributed by atoms with van der Waals surface area (Å²) in [5, 5.41) is 44.0. The Kier molecular flexibility index (Phi) is 33.0. The number of fused-ring (bicyclic) bond motifs is 5. The Bertz CT molecular complexity index is 7430. The molecule has 4 aliphatic rings. The third-order valence-electron chi connectivity index (χ3n) is 25.0. The van der Waals surface area contributed by atoms with E-state index in [1.54, 1.807) is 124 Å². The van der Waals surface area contributed by atoms with Crippen molar-refractivity contribution in [2.24, 2.45) is 0 Å². The van der Waals surface area contributed by atoms with Crippen molar-refractivity contribution < 1.29 is 99.8 Å². The number of rotatable bonds is 28. The van der Waals surface area contributed by atoms with E-state index in [2.05, 4.69) is 39.5 Å². The minimum atomic E-state index is -0.376. The molecule has 0 aliphatic heterocycles. The summed E-state index contributed by atoms with van der Waals surface area (Å²) in [6, 6.07) is 70.9. The molecule has 144 heavy (non-hydrogen) atoms. The zero-order chi connectivity index (χ0) is 103. The second-order valence-corrected chi connectivity index (χ2v) is 34.5. The second-order valence-electron chi connectivity index (χ2n) is 34.5. The molecule has 0 saturated heterocycles. The van der Waals surface area contributed by atoms with Crippen molar-refractivity contribution in [3.8, 4) is 74.7 Å². The van der Waals surface area contributed by atoms with Gasteiger partial charge < -0.3 is 84.0 Å². The molecule has 13 aromatic carbocycles. The lowest BCUT2D eigenvalue weighted by atomic mass is 10.00. The molecule has 0 radical (unpaired) electrons. The molecule has 0 bridgehead atoms. The number of benzene rings is 13. The summed E-state index contributed by atoms with van der Waals surface area (Å²) >= 11 is 0. The molecule has 0 heterocycles. The van der Waals surface area contributed by atoms with Crippen LogP contribution in [0.15, 0.2) is 265 Å². The first-order valence-corrected chi connectivity index (χ1v) is 46.3. The molecule has 4 aliphatic carbocycles. The zero-order valence-corrected chi connectivity index (χ0v) is 82.7. The van der Waals surface area contributed by atoms with Gasteiger partial charge in [0.15, 0.2) is 46.0 Å². The first kappa shape index (κ1) is 103. The summed E-state index contributed by atoms with van der Waals surface area (Å²) in [7, 11) is 13.7. The second kappa shape index (κ2) is 46.2. The molecule has 4 amide bonds. The van der Waals surface area contributed by atoms with Crippen molar-refractivity contribution in [2.75, 3.05) is 85.3 Å². The number of ether oxygens (including phenoxy) is 10. The van der Waals surface area contributed by atoms with Gasteiger partial charge in [0.1, 0.15) is 34.7 Å². The number of phenols is 3. The van der Waals surface area contributed by atoms with Crippen molar-refractivity contribution >= 4 is 132 Å². The molecule has 7 N–H and O–H groups in total. The number of methoxy groups -OCH3 is 9. The maximum atomic E-state index is 14.3. The third kappa shape index (κ3) is 24.1. The smallest absolute Gasteiger partial charge is 0.311 e. The van der Waals surface area contributed by atoms with Crippen molar-refractivity contribution in [3.05, 3.63) is 360 Å². The Morgan fingerprint density at radius 2 is 0.632 bits per heavy atom. The van der Waals surface area contributed by atoms with Gasteiger partial charge in [-0.05, 0) is 368 Å². The lowest BCUT2D eigenvalue weighted by molar-refractivity contribution is -0.134. The number of nitrogens with one attached hydrogen (secondary N) is 4. The molecule has 17 rings (SSSR count). The summed E-state index contributed by atoms with van der Waals surface area (Å²) in [6.45, 7) is 13.7. The average Bonchev–Trinajstić information content (AvgIpc) is 1.62. The van der Waals surface area contributed by atoms with Crippen LogP contribution in [0, 0.1) is 31.3 Å². The van der Waals surface area contributed by atoms with Crippen molar-refractivity contribution in [2.45, 2.75) is 87.0 Å². The van der Waals surface area contributed by atoms with E-state index in [4.69, 9.17) is 47.4 Å². The van der Waals surface area contributed by atoms with Gasteiger partial charge in [-0.1, -0.05) is 97.4 Å². The minimum absolute atomic E-state index is 0.0516. The number of hydrogen-bond acceptors (Lipinski definition) is 18. The topological polar surface area (TPSA) is 286 Å². The van der Waals surface area contributed by atoms with Gasteiger partial charge in [0.2, 0.25) is 35.1 Å². The van der Waals surface area contributed by atoms with Gasteiger partial charge in [-0.25, -0.2) is 13.2 Å². The van der Waals surface area contributed by atoms with Crippen LogP contribution in [0.1, 0.15) is 151 Å². The summed E-state index contributed by atoms with van der Waals surface area (Å²) in [5.74, 6) is 2.17. The highest BCUT2D eigenvalue weighted by molar-refractivity contribution is 6.15. The van der Waals surface area contributed by atoms with Gasteiger partial charge in [0.05, 0.1) is 89.7 Å². The molecule has 0 saturated carbocycles. The highest BCUT2D eigenvalue weighted by atomic mass is 19.1. The average molecular weight is 1940 g/mol. The largest absolute Gasteiger partial charge is 0.504 e. The quantitative estimate of drug-likeness (QED) is 0.0177. The van der Waals surface area contributed by atoms with Crippen molar-refractivity contribution in [3.63, 3.8) is 0 Å². The molecule has 22 nitrogen and oxygen atoms in total.